The van der Waals surface area contributed by atoms with E-state index < -0.39 is 17.3 Å². The van der Waals surface area contributed by atoms with Gasteiger partial charge >= 0.3 is 5.97 Å². The summed E-state index contributed by atoms with van der Waals surface area (Å²) in [6.45, 7) is 0. The molecule has 0 unspecified atom stereocenters. The van der Waals surface area contributed by atoms with Crippen molar-refractivity contribution in [2.75, 3.05) is 0 Å². The Labute approximate surface area is 102 Å². The van der Waals surface area contributed by atoms with Crippen LogP contribution in [0.15, 0.2) is 36.7 Å². The van der Waals surface area contributed by atoms with Crippen molar-refractivity contribution < 1.29 is 14.3 Å². The topological polar surface area (TPSA) is 74.0 Å². The van der Waals surface area contributed by atoms with E-state index in [1.54, 1.807) is 12.1 Å². The number of hydrogen-bond donors (Lipinski definition) is 1. The lowest BCUT2D eigenvalue weighted by atomic mass is 10.0. The zero-order valence-corrected chi connectivity index (χ0v) is 9.09. The first-order valence-corrected chi connectivity index (χ1v) is 5.01. The van der Waals surface area contributed by atoms with E-state index in [9.17, 15) is 9.18 Å². The molecule has 18 heavy (non-hydrogen) atoms. The normalized spacial score (nSPS) is 9.78. The molecule has 0 amide bonds. The smallest absolute Gasteiger partial charge is 0.339 e. The van der Waals surface area contributed by atoms with Gasteiger partial charge in [-0.1, -0.05) is 12.1 Å². The lowest BCUT2D eigenvalue weighted by Gasteiger charge is -2.06. The van der Waals surface area contributed by atoms with Crippen LogP contribution in [0.1, 0.15) is 15.9 Å². The van der Waals surface area contributed by atoms with Gasteiger partial charge in [-0.15, -0.1) is 0 Å². The third-order valence-electron chi connectivity index (χ3n) is 2.44. The summed E-state index contributed by atoms with van der Waals surface area (Å²) in [6.07, 6.45) is 2.14. The fraction of sp³-hybridized carbons (Fsp3) is 0. The molecule has 0 bridgehead atoms. The summed E-state index contributed by atoms with van der Waals surface area (Å²) in [4.78, 5) is 14.7. The highest BCUT2D eigenvalue weighted by Crippen LogP contribution is 2.25. The van der Waals surface area contributed by atoms with E-state index in [2.05, 4.69) is 4.98 Å². The highest BCUT2D eigenvalue weighted by Gasteiger charge is 2.17. The molecule has 2 rings (SSSR count). The zero-order valence-electron chi connectivity index (χ0n) is 9.09. The Morgan fingerprint density at radius 2 is 1.94 bits per heavy atom. The van der Waals surface area contributed by atoms with Crippen molar-refractivity contribution in [1.82, 2.24) is 4.98 Å². The maximum atomic E-state index is 13.4. The van der Waals surface area contributed by atoms with Crippen molar-refractivity contribution in [1.29, 1.82) is 5.26 Å². The Morgan fingerprint density at radius 1 is 1.28 bits per heavy atom. The molecule has 5 heteroatoms. The first-order chi connectivity index (χ1) is 8.63. The van der Waals surface area contributed by atoms with E-state index in [1.807, 2.05) is 6.07 Å². The van der Waals surface area contributed by atoms with Gasteiger partial charge in [-0.05, 0) is 17.7 Å². The molecule has 1 aromatic carbocycles. The molecule has 0 fully saturated rings. The summed E-state index contributed by atoms with van der Waals surface area (Å²) in [6, 6.07) is 8.13. The highest BCUT2D eigenvalue weighted by molar-refractivity contribution is 5.96. The summed E-state index contributed by atoms with van der Waals surface area (Å²) in [5, 5.41) is 17.7. The van der Waals surface area contributed by atoms with Gasteiger partial charge in [0.1, 0.15) is 5.56 Å². The summed E-state index contributed by atoms with van der Waals surface area (Å²) in [5.74, 6) is -2.24. The Kier molecular flexibility index (Phi) is 3.02. The molecule has 0 spiro atoms. The van der Waals surface area contributed by atoms with Gasteiger partial charge in [-0.25, -0.2) is 9.18 Å². The molecule has 4 nitrogen and oxygen atoms in total. The molecule has 1 heterocycles. The summed E-state index contributed by atoms with van der Waals surface area (Å²) in [5.41, 5.74) is 0.708. The average Bonchev–Trinajstić information content (AvgIpc) is 2.38. The van der Waals surface area contributed by atoms with E-state index in [0.717, 1.165) is 6.20 Å². The van der Waals surface area contributed by atoms with Crippen LogP contribution in [0, 0.1) is 17.1 Å². The van der Waals surface area contributed by atoms with Crippen LogP contribution in [0.3, 0.4) is 0 Å². The van der Waals surface area contributed by atoms with Gasteiger partial charge in [0.05, 0.1) is 17.8 Å². The lowest BCUT2D eigenvalue weighted by molar-refractivity contribution is 0.0692. The number of rotatable bonds is 2. The zero-order chi connectivity index (χ0) is 13.1. The predicted molar refractivity (Wildman–Crippen MR) is 61.3 cm³/mol. The van der Waals surface area contributed by atoms with Crippen molar-refractivity contribution in [2.45, 2.75) is 0 Å². The van der Waals surface area contributed by atoms with Crippen molar-refractivity contribution in [3.05, 3.63) is 53.6 Å². The van der Waals surface area contributed by atoms with Crippen LogP contribution < -0.4 is 0 Å². The Bertz CT molecular complexity index is 645. The van der Waals surface area contributed by atoms with Gasteiger partial charge in [-0.2, -0.15) is 5.26 Å². The number of carboxylic acids is 1. The van der Waals surface area contributed by atoms with Crippen LogP contribution in [-0.2, 0) is 0 Å². The standard InChI is InChI=1S/C13H7FN2O2/c14-11-7-16-6-10(12(11)13(17)18)9-3-1-8(5-15)2-4-9/h1-4,6-7H,(H,17,18). The fourth-order valence-electron chi connectivity index (χ4n) is 1.60. The number of aromatic carboxylic acids is 1. The third kappa shape index (κ3) is 2.04. The van der Waals surface area contributed by atoms with E-state index >= 15 is 0 Å². The molecule has 88 valence electrons. The molecule has 2 aromatic rings. The average molecular weight is 242 g/mol. The second-order valence-corrected chi connectivity index (χ2v) is 3.54. The van der Waals surface area contributed by atoms with Crippen LogP contribution in [0.2, 0.25) is 0 Å². The van der Waals surface area contributed by atoms with Crippen LogP contribution in [0.4, 0.5) is 4.39 Å². The lowest BCUT2D eigenvalue weighted by Crippen LogP contribution is -2.04. The van der Waals surface area contributed by atoms with Crippen LogP contribution in [0.5, 0.6) is 0 Å². The van der Waals surface area contributed by atoms with Crippen molar-refractivity contribution in [3.8, 4) is 17.2 Å². The predicted octanol–water partition coefficient (Wildman–Crippen LogP) is 2.46. The SMILES string of the molecule is N#Cc1ccc(-c2cncc(F)c2C(=O)O)cc1. The Morgan fingerprint density at radius 3 is 2.50 bits per heavy atom. The van der Waals surface area contributed by atoms with E-state index in [0.29, 0.717) is 11.1 Å². The Hall–Kier alpha value is -2.74. The quantitative estimate of drug-likeness (QED) is 0.877. The molecule has 0 saturated heterocycles. The van der Waals surface area contributed by atoms with Crippen molar-refractivity contribution >= 4 is 5.97 Å². The van der Waals surface area contributed by atoms with Crippen LogP contribution in [0.25, 0.3) is 11.1 Å². The molecular weight excluding hydrogens is 235 g/mol. The number of aromatic nitrogens is 1. The summed E-state index contributed by atoms with van der Waals surface area (Å²) >= 11 is 0. The number of nitriles is 1. The number of nitrogens with zero attached hydrogens (tertiary/aromatic N) is 2. The van der Waals surface area contributed by atoms with Crippen LogP contribution >= 0.6 is 0 Å². The molecule has 0 aliphatic heterocycles. The second-order valence-electron chi connectivity index (χ2n) is 3.54. The van der Waals surface area contributed by atoms with Gasteiger partial charge in [0.25, 0.3) is 0 Å². The molecule has 0 atom stereocenters. The molecule has 0 saturated carbocycles. The van der Waals surface area contributed by atoms with Crippen molar-refractivity contribution in [3.63, 3.8) is 0 Å². The number of pyridine rings is 1. The second kappa shape index (κ2) is 4.63. The molecule has 0 aliphatic carbocycles. The highest BCUT2D eigenvalue weighted by atomic mass is 19.1. The van der Waals surface area contributed by atoms with E-state index in [-0.39, 0.29) is 5.56 Å². The van der Waals surface area contributed by atoms with Crippen LogP contribution in [-0.4, -0.2) is 16.1 Å². The van der Waals surface area contributed by atoms with E-state index in [1.165, 1.54) is 18.3 Å². The van der Waals surface area contributed by atoms with Crippen molar-refractivity contribution in [2.24, 2.45) is 0 Å². The third-order valence-corrected chi connectivity index (χ3v) is 2.44. The molecular formula is C13H7FN2O2. The van der Waals surface area contributed by atoms with Gasteiger partial charge in [0, 0.05) is 11.8 Å². The molecule has 1 N–H and O–H groups in total. The summed E-state index contributed by atoms with van der Waals surface area (Å²) < 4.78 is 13.4. The summed E-state index contributed by atoms with van der Waals surface area (Å²) in [7, 11) is 0. The fourth-order valence-corrected chi connectivity index (χ4v) is 1.60. The van der Waals surface area contributed by atoms with Gasteiger partial charge < -0.3 is 5.11 Å². The minimum atomic E-state index is -1.35. The monoisotopic (exact) mass is 242 g/mol. The minimum Gasteiger partial charge on any atom is -0.478 e. The number of benzene rings is 1. The van der Waals surface area contributed by atoms with Gasteiger partial charge in [0.15, 0.2) is 5.82 Å². The number of carboxylic acid groups (broad SMARTS) is 1. The van der Waals surface area contributed by atoms with Gasteiger partial charge in [0.2, 0.25) is 0 Å². The number of carbonyl (C=O) groups is 1. The minimum absolute atomic E-state index is 0.187. The molecule has 0 aliphatic rings. The maximum absolute atomic E-state index is 13.4. The maximum Gasteiger partial charge on any atom is 0.339 e. The van der Waals surface area contributed by atoms with E-state index in [4.69, 9.17) is 10.4 Å². The number of halogens is 1. The molecule has 1 aromatic heterocycles. The first-order valence-electron chi connectivity index (χ1n) is 5.01. The Balaban J connectivity index is 2.60. The first kappa shape index (κ1) is 11.7. The van der Waals surface area contributed by atoms with Gasteiger partial charge in [-0.3, -0.25) is 4.98 Å². The largest absolute Gasteiger partial charge is 0.478 e. The molecule has 0 radical (unpaired) electrons. The number of hydrogen-bond acceptors (Lipinski definition) is 3.